The van der Waals surface area contributed by atoms with Crippen molar-refractivity contribution in [1.82, 2.24) is 15.1 Å². The van der Waals surface area contributed by atoms with Gasteiger partial charge in [-0.1, -0.05) is 11.2 Å². The van der Waals surface area contributed by atoms with Crippen molar-refractivity contribution in [2.24, 2.45) is 0 Å². The molecule has 102 valence electrons. The second-order valence-corrected chi connectivity index (χ2v) is 4.43. The Labute approximate surface area is 119 Å². The minimum absolute atomic E-state index is 0.221. The molecule has 1 aromatic carbocycles. The van der Waals surface area contributed by atoms with Crippen LogP contribution in [0.25, 0.3) is 23.0 Å². The predicted octanol–water partition coefficient (Wildman–Crippen LogP) is 3.12. The van der Waals surface area contributed by atoms with Gasteiger partial charge in [0.2, 0.25) is 5.82 Å². The van der Waals surface area contributed by atoms with E-state index in [0.29, 0.717) is 22.6 Å². The van der Waals surface area contributed by atoms with Gasteiger partial charge in [-0.3, -0.25) is 0 Å². The van der Waals surface area contributed by atoms with Crippen molar-refractivity contribution in [1.29, 1.82) is 5.26 Å². The van der Waals surface area contributed by atoms with Crippen LogP contribution in [0.2, 0.25) is 0 Å². The predicted molar refractivity (Wildman–Crippen MR) is 72.4 cm³/mol. The van der Waals surface area contributed by atoms with Crippen LogP contribution in [0.5, 0.6) is 0 Å². The fourth-order valence-electron chi connectivity index (χ4n) is 1.86. The number of hydrogen-bond acceptors (Lipinski definition) is 5. The molecule has 21 heavy (non-hydrogen) atoms. The van der Waals surface area contributed by atoms with Crippen molar-refractivity contribution in [3.63, 3.8) is 0 Å². The van der Waals surface area contributed by atoms with Crippen molar-refractivity contribution in [2.45, 2.75) is 6.92 Å². The molecule has 2 heterocycles. The number of rotatable bonds is 2. The third-order valence-electron chi connectivity index (χ3n) is 2.98. The molecule has 3 aromatic rings. The minimum atomic E-state index is -0.363. The Kier molecular flexibility index (Phi) is 3.16. The van der Waals surface area contributed by atoms with E-state index in [-0.39, 0.29) is 11.7 Å². The number of halogens is 1. The Hall–Kier alpha value is -3.07. The summed E-state index contributed by atoms with van der Waals surface area (Å²) >= 11 is 0. The van der Waals surface area contributed by atoms with Crippen LogP contribution < -0.4 is 0 Å². The highest BCUT2D eigenvalue weighted by Crippen LogP contribution is 2.24. The van der Waals surface area contributed by atoms with E-state index >= 15 is 0 Å². The minimum Gasteiger partial charge on any atom is -0.332 e. The second kappa shape index (κ2) is 5.13. The number of nitrogens with zero attached hydrogens (tertiary/aromatic N) is 4. The van der Waals surface area contributed by atoms with E-state index in [1.54, 1.807) is 18.2 Å². The van der Waals surface area contributed by atoms with Crippen molar-refractivity contribution < 1.29 is 8.91 Å². The molecular weight excluding hydrogens is 271 g/mol. The molecule has 0 fully saturated rings. The summed E-state index contributed by atoms with van der Waals surface area (Å²) in [5, 5.41) is 12.6. The lowest BCUT2D eigenvalue weighted by Crippen LogP contribution is -1.88. The molecule has 5 nitrogen and oxygen atoms in total. The lowest BCUT2D eigenvalue weighted by atomic mass is 10.1. The molecule has 0 radical (unpaired) electrons. The molecule has 0 N–H and O–H groups in total. The average molecular weight is 280 g/mol. The molecule has 0 atom stereocenters. The third-order valence-corrected chi connectivity index (χ3v) is 2.98. The highest BCUT2D eigenvalue weighted by atomic mass is 19.1. The summed E-state index contributed by atoms with van der Waals surface area (Å²) in [7, 11) is 0. The lowest BCUT2D eigenvalue weighted by molar-refractivity contribution is 0.431. The first-order chi connectivity index (χ1) is 10.2. The molecule has 6 heteroatoms. The molecular formula is C15H9FN4O. The van der Waals surface area contributed by atoms with Crippen LogP contribution in [0.3, 0.4) is 0 Å². The fourth-order valence-corrected chi connectivity index (χ4v) is 1.86. The molecule has 0 bridgehead atoms. The number of aryl methyl sites for hydroxylation is 1. The van der Waals surface area contributed by atoms with E-state index < -0.39 is 0 Å². The lowest BCUT2D eigenvalue weighted by Gasteiger charge is -1.99. The maximum atomic E-state index is 13.3. The Bertz CT molecular complexity index is 834. The van der Waals surface area contributed by atoms with Crippen molar-refractivity contribution in [3.05, 3.63) is 53.5 Å². The van der Waals surface area contributed by atoms with Crippen molar-refractivity contribution in [2.75, 3.05) is 0 Å². The van der Waals surface area contributed by atoms with Gasteiger partial charge in [-0.05, 0) is 36.8 Å². The van der Waals surface area contributed by atoms with Crippen LogP contribution in [0.15, 0.2) is 41.1 Å². The Morgan fingerprint density at radius 2 is 2.10 bits per heavy atom. The van der Waals surface area contributed by atoms with Crippen LogP contribution in [0.1, 0.15) is 11.1 Å². The van der Waals surface area contributed by atoms with E-state index in [2.05, 4.69) is 15.1 Å². The van der Waals surface area contributed by atoms with E-state index in [4.69, 9.17) is 9.78 Å². The van der Waals surface area contributed by atoms with Crippen molar-refractivity contribution in [3.8, 4) is 29.0 Å². The first-order valence-corrected chi connectivity index (χ1v) is 6.14. The highest BCUT2D eigenvalue weighted by Gasteiger charge is 2.14. The Balaban J connectivity index is 1.99. The third kappa shape index (κ3) is 2.49. The fraction of sp³-hybridized carbons (Fsp3) is 0.0667. The average Bonchev–Trinajstić information content (AvgIpc) is 2.99. The molecule has 0 saturated heterocycles. The zero-order valence-corrected chi connectivity index (χ0v) is 11.0. The summed E-state index contributed by atoms with van der Waals surface area (Å²) in [6.45, 7) is 1.84. The van der Waals surface area contributed by atoms with Crippen LogP contribution in [0.4, 0.5) is 4.39 Å². The van der Waals surface area contributed by atoms with Crippen LogP contribution in [-0.4, -0.2) is 15.1 Å². The molecule has 0 saturated carbocycles. The summed E-state index contributed by atoms with van der Waals surface area (Å²) < 4.78 is 18.5. The Morgan fingerprint density at radius 3 is 2.81 bits per heavy atom. The number of aromatic nitrogens is 3. The van der Waals surface area contributed by atoms with Gasteiger partial charge >= 0.3 is 0 Å². The van der Waals surface area contributed by atoms with Gasteiger partial charge in [0.05, 0.1) is 5.56 Å². The number of nitriles is 1. The summed E-state index contributed by atoms with van der Waals surface area (Å²) in [6.07, 6.45) is 1.42. The van der Waals surface area contributed by atoms with Gasteiger partial charge in [-0.15, -0.1) is 0 Å². The first-order valence-electron chi connectivity index (χ1n) is 6.14. The summed E-state index contributed by atoms with van der Waals surface area (Å²) in [5.41, 5.74) is 2.32. The molecule has 0 aliphatic carbocycles. The molecule has 0 unspecified atom stereocenters. The van der Waals surface area contributed by atoms with Gasteiger partial charge < -0.3 is 4.52 Å². The summed E-state index contributed by atoms with van der Waals surface area (Å²) in [4.78, 5) is 8.29. The topological polar surface area (TPSA) is 75.6 Å². The van der Waals surface area contributed by atoms with E-state index in [9.17, 15) is 4.39 Å². The van der Waals surface area contributed by atoms with Gasteiger partial charge in [0.15, 0.2) is 0 Å². The van der Waals surface area contributed by atoms with E-state index in [0.717, 1.165) is 5.56 Å². The standard InChI is InChI=1S/C15H9FN4O/c1-9-2-4-11(16)6-12(9)14-19-15(21-20-14)13-5-3-10(7-17)8-18-13/h2-6,8H,1H3. The highest BCUT2D eigenvalue weighted by molar-refractivity contribution is 5.61. The smallest absolute Gasteiger partial charge is 0.276 e. The SMILES string of the molecule is Cc1ccc(F)cc1-c1noc(-c2ccc(C#N)cn2)n1. The zero-order valence-electron chi connectivity index (χ0n) is 11.0. The largest absolute Gasteiger partial charge is 0.332 e. The monoisotopic (exact) mass is 280 g/mol. The molecule has 0 spiro atoms. The number of hydrogen-bond donors (Lipinski definition) is 0. The van der Waals surface area contributed by atoms with Gasteiger partial charge in [-0.25, -0.2) is 9.37 Å². The second-order valence-electron chi connectivity index (χ2n) is 4.43. The van der Waals surface area contributed by atoms with Crippen LogP contribution >= 0.6 is 0 Å². The molecule has 2 aromatic heterocycles. The Morgan fingerprint density at radius 1 is 1.24 bits per heavy atom. The maximum absolute atomic E-state index is 13.3. The molecule has 0 amide bonds. The van der Waals surface area contributed by atoms with Gasteiger partial charge in [0.25, 0.3) is 5.89 Å². The van der Waals surface area contributed by atoms with Crippen molar-refractivity contribution >= 4 is 0 Å². The normalized spacial score (nSPS) is 10.3. The number of pyridine rings is 1. The number of benzene rings is 1. The maximum Gasteiger partial charge on any atom is 0.276 e. The van der Waals surface area contributed by atoms with Gasteiger partial charge in [0.1, 0.15) is 17.6 Å². The van der Waals surface area contributed by atoms with Crippen LogP contribution in [-0.2, 0) is 0 Å². The van der Waals surface area contributed by atoms with Gasteiger partial charge in [-0.2, -0.15) is 10.2 Å². The van der Waals surface area contributed by atoms with Crippen LogP contribution in [0, 0.1) is 24.1 Å². The quantitative estimate of drug-likeness (QED) is 0.720. The molecule has 0 aliphatic heterocycles. The van der Waals surface area contributed by atoms with E-state index in [1.165, 1.54) is 18.3 Å². The first kappa shape index (κ1) is 12.9. The summed E-state index contributed by atoms with van der Waals surface area (Å²) in [6, 6.07) is 9.60. The zero-order chi connectivity index (χ0) is 14.8. The molecule has 0 aliphatic rings. The van der Waals surface area contributed by atoms with E-state index in [1.807, 2.05) is 13.0 Å². The van der Waals surface area contributed by atoms with Gasteiger partial charge in [0, 0.05) is 11.8 Å². The summed E-state index contributed by atoms with van der Waals surface area (Å²) in [5.74, 6) is 0.157. The molecule has 3 rings (SSSR count).